The molecule has 0 amide bonds. The molecule has 0 aliphatic heterocycles. The van der Waals surface area contributed by atoms with Crippen molar-refractivity contribution in [3.63, 3.8) is 0 Å². The van der Waals surface area contributed by atoms with Crippen molar-refractivity contribution >= 4 is 17.9 Å². The molecule has 1 unspecified atom stereocenters. The average Bonchev–Trinajstić information content (AvgIpc) is 3.10. The van der Waals surface area contributed by atoms with Crippen LogP contribution in [0.15, 0.2) is 18.2 Å². The zero-order chi connectivity index (χ0) is 22.7. The van der Waals surface area contributed by atoms with Crippen molar-refractivity contribution in [2.24, 2.45) is 5.92 Å². The molecule has 1 aromatic carbocycles. The van der Waals surface area contributed by atoms with Gasteiger partial charge in [0.05, 0.1) is 12.7 Å². The highest BCUT2D eigenvalue weighted by Crippen LogP contribution is 2.34. The molecule has 0 heterocycles. The Morgan fingerprint density at radius 3 is 2.23 bits per heavy atom. The molecule has 1 aliphatic rings. The summed E-state index contributed by atoms with van der Waals surface area (Å²) in [4.78, 5) is 35.9. The number of hydrogen-bond acceptors (Lipinski definition) is 7. The number of benzene rings is 1. The lowest BCUT2D eigenvalue weighted by atomic mass is 10.0. The molecule has 30 heavy (non-hydrogen) atoms. The Morgan fingerprint density at radius 1 is 1.13 bits per heavy atom. The third-order valence-electron chi connectivity index (χ3n) is 5.12. The molecular weight excluding hydrogens is 402 g/mol. The molecule has 166 valence electrons. The van der Waals surface area contributed by atoms with Crippen molar-refractivity contribution in [2.75, 3.05) is 7.11 Å². The van der Waals surface area contributed by atoms with Gasteiger partial charge in [-0.2, -0.15) is 8.78 Å². The van der Waals surface area contributed by atoms with E-state index >= 15 is 0 Å². The number of carboxylic acids is 1. The zero-order valence-electron chi connectivity index (χ0n) is 17.3. The minimum Gasteiger partial charge on any atom is -0.544 e. The number of esters is 2. The van der Waals surface area contributed by atoms with E-state index in [9.17, 15) is 28.3 Å². The van der Waals surface area contributed by atoms with Gasteiger partial charge in [-0.25, -0.2) is 9.59 Å². The van der Waals surface area contributed by atoms with Crippen LogP contribution in [-0.4, -0.2) is 42.6 Å². The fourth-order valence-corrected chi connectivity index (χ4v) is 3.43. The first-order chi connectivity index (χ1) is 13.9. The minimum atomic E-state index is -4.38. The second kappa shape index (κ2) is 8.97. The van der Waals surface area contributed by atoms with E-state index in [-0.39, 0.29) is 16.9 Å². The van der Waals surface area contributed by atoms with E-state index < -0.39 is 41.5 Å². The molecule has 0 aromatic heterocycles. The van der Waals surface area contributed by atoms with E-state index in [2.05, 4.69) is 0 Å². The van der Waals surface area contributed by atoms with Crippen LogP contribution in [0.3, 0.4) is 0 Å². The molecule has 7 nitrogen and oxygen atoms in total. The molecule has 1 aromatic rings. The third kappa shape index (κ3) is 5.06. The molecular formula is C21H25F2O7-. The molecule has 0 spiro atoms. The van der Waals surface area contributed by atoms with E-state index in [0.717, 1.165) is 18.9 Å². The molecule has 1 saturated carbocycles. The van der Waals surface area contributed by atoms with Crippen LogP contribution < -0.4 is 9.84 Å². The Hall–Kier alpha value is -2.71. The number of aliphatic carboxylic acids is 1. The van der Waals surface area contributed by atoms with Crippen molar-refractivity contribution in [3.05, 3.63) is 29.3 Å². The van der Waals surface area contributed by atoms with Crippen molar-refractivity contribution in [1.29, 1.82) is 0 Å². The van der Waals surface area contributed by atoms with Gasteiger partial charge in [-0.1, -0.05) is 13.8 Å². The van der Waals surface area contributed by atoms with Crippen LogP contribution in [0.1, 0.15) is 67.2 Å². The summed E-state index contributed by atoms with van der Waals surface area (Å²) in [6.45, 7) is 4.39. The number of alkyl halides is 2. The van der Waals surface area contributed by atoms with Gasteiger partial charge in [0.1, 0.15) is 22.9 Å². The number of methoxy groups -OCH3 is 1. The zero-order valence-corrected chi connectivity index (χ0v) is 17.3. The predicted octanol–water partition coefficient (Wildman–Crippen LogP) is 2.75. The maximum Gasteiger partial charge on any atom is 0.342 e. The van der Waals surface area contributed by atoms with Gasteiger partial charge in [-0.15, -0.1) is 0 Å². The molecule has 9 heteroatoms. The Labute approximate surface area is 173 Å². The average molecular weight is 427 g/mol. The number of carboxylic acid groups (broad SMARTS) is 1. The van der Waals surface area contributed by atoms with Gasteiger partial charge < -0.3 is 24.1 Å². The highest BCUT2D eigenvalue weighted by Gasteiger charge is 2.46. The lowest BCUT2D eigenvalue weighted by Crippen LogP contribution is -2.53. The van der Waals surface area contributed by atoms with Crippen LogP contribution in [-0.2, 0) is 14.3 Å². The minimum absolute atomic E-state index is 0.0622. The van der Waals surface area contributed by atoms with E-state index in [4.69, 9.17) is 14.2 Å². The fraction of sp³-hybridized carbons (Fsp3) is 0.571. The fourth-order valence-electron chi connectivity index (χ4n) is 3.43. The molecule has 0 radical (unpaired) electrons. The topological polar surface area (TPSA) is 102 Å². The number of halogens is 2. The predicted molar refractivity (Wildman–Crippen MR) is 99.3 cm³/mol. The first-order valence-corrected chi connectivity index (χ1v) is 9.63. The van der Waals surface area contributed by atoms with Crippen LogP contribution in [0, 0.1) is 5.92 Å². The second-order valence-corrected chi connectivity index (χ2v) is 7.94. The van der Waals surface area contributed by atoms with Crippen molar-refractivity contribution < 1.29 is 42.5 Å². The highest BCUT2D eigenvalue weighted by atomic mass is 19.3. The van der Waals surface area contributed by atoms with Gasteiger partial charge in [0.15, 0.2) is 6.10 Å². The summed E-state index contributed by atoms with van der Waals surface area (Å²) < 4.78 is 43.3. The number of carbonyl (C=O) groups excluding carboxylic acids is 3. The smallest absolute Gasteiger partial charge is 0.342 e. The number of rotatable bonds is 8. The quantitative estimate of drug-likeness (QED) is 0.588. The molecule has 0 bridgehead atoms. The molecule has 0 saturated heterocycles. The number of carbonyl (C=O) groups is 3. The van der Waals surface area contributed by atoms with Gasteiger partial charge in [0.25, 0.3) is 0 Å². The van der Waals surface area contributed by atoms with Crippen LogP contribution in [0.2, 0.25) is 0 Å². The molecule has 1 aliphatic carbocycles. The van der Waals surface area contributed by atoms with Crippen molar-refractivity contribution in [3.8, 4) is 5.75 Å². The summed E-state index contributed by atoms with van der Waals surface area (Å²) in [7, 11) is 1.33. The highest BCUT2D eigenvalue weighted by molar-refractivity contribution is 5.97. The van der Waals surface area contributed by atoms with Crippen LogP contribution in [0.4, 0.5) is 8.78 Å². The molecule has 1 fully saturated rings. The van der Waals surface area contributed by atoms with E-state index in [1.807, 2.05) is 6.92 Å². The number of ether oxygens (including phenoxy) is 3. The van der Waals surface area contributed by atoms with E-state index in [1.165, 1.54) is 33.1 Å². The molecule has 2 rings (SSSR count). The van der Waals surface area contributed by atoms with Crippen LogP contribution in [0.5, 0.6) is 5.75 Å². The number of hydrogen-bond donors (Lipinski definition) is 0. The lowest BCUT2D eigenvalue weighted by molar-refractivity contribution is -0.337. The Balaban J connectivity index is 2.29. The SMILES string of the molecule is COc1ccc(C(=O)OC(C(C)C)C(F)(F)C(=O)[O-])cc1C(=O)OC1(C)CCCC1. The maximum atomic E-state index is 13.9. The summed E-state index contributed by atoms with van der Waals surface area (Å²) in [6, 6.07) is 3.66. The standard InChI is InChI=1S/C21H26F2O7/c1-12(2)16(21(22,23)19(26)27)29-17(24)13-7-8-15(28-4)14(11-13)18(25)30-20(3)9-5-6-10-20/h7-8,11-12,16H,5-6,9-10H2,1-4H3,(H,26,27)/p-1. The first-order valence-electron chi connectivity index (χ1n) is 9.63. The summed E-state index contributed by atoms with van der Waals surface area (Å²) in [5, 5.41) is 10.8. The van der Waals surface area contributed by atoms with Gasteiger partial charge >= 0.3 is 17.9 Å². The Bertz CT molecular complexity index is 814. The largest absolute Gasteiger partial charge is 0.544 e. The van der Waals surface area contributed by atoms with Crippen LogP contribution in [0.25, 0.3) is 0 Å². The van der Waals surface area contributed by atoms with Crippen molar-refractivity contribution in [2.45, 2.75) is 64.1 Å². The summed E-state index contributed by atoms with van der Waals surface area (Å²) in [5.74, 6) is -9.82. The first kappa shape index (κ1) is 23.6. The second-order valence-electron chi connectivity index (χ2n) is 7.94. The maximum absolute atomic E-state index is 13.9. The normalized spacial score (nSPS) is 16.8. The lowest BCUT2D eigenvalue weighted by Gasteiger charge is -2.30. The van der Waals surface area contributed by atoms with Gasteiger partial charge in [0, 0.05) is 0 Å². The van der Waals surface area contributed by atoms with Crippen LogP contribution >= 0.6 is 0 Å². The van der Waals surface area contributed by atoms with E-state index in [1.54, 1.807) is 0 Å². The summed E-state index contributed by atoms with van der Waals surface area (Å²) in [6.07, 6.45) is 1.02. The summed E-state index contributed by atoms with van der Waals surface area (Å²) in [5.41, 5.74) is -0.912. The monoisotopic (exact) mass is 427 g/mol. The molecule has 1 atom stereocenters. The van der Waals surface area contributed by atoms with Gasteiger partial charge in [-0.05, 0) is 56.7 Å². The third-order valence-corrected chi connectivity index (χ3v) is 5.12. The Morgan fingerprint density at radius 2 is 1.73 bits per heavy atom. The van der Waals surface area contributed by atoms with Gasteiger partial charge in [0.2, 0.25) is 0 Å². The molecule has 0 N–H and O–H groups in total. The summed E-state index contributed by atoms with van der Waals surface area (Å²) >= 11 is 0. The Kier molecular flexibility index (Phi) is 7.05. The van der Waals surface area contributed by atoms with E-state index in [0.29, 0.717) is 12.8 Å². The van der Waals surface area contributed by atoms with Gasteiger partial charge in [-0.3, -0.25) is 0 Å². The van der Waals surface area contributed by atoms with Crippen molar-refractivity contribution in [1.82, 2.24) is 0 Å².